The maximum atomic E-state index is 13.5. The number of carboxylic acids is 1. The topological polar surface area (TPSA) is 122 Å². The largest absolute Gasteiger partial charge is 0.478 e. The first-order valence-electron chi connectivity index (χ1n) is 5.21. The van der Waals surface area contributed by atoms with E-state index in [0.29, 0.717) is 0 Å². The lowest BCUT2D eigenvalue weighted by Gasteiger charge is -2.13. The van der Waals surface area contributed by atoms with Crippen LogP contribution in [0.3, 0.4) is 0 Å². The van der Waals surface area contributed by atoms with E-state index in [1.54, 1.807) is 0 Å². The minimum Gasteiger partial charge on any atom is -0.478 e. The maximum Gasteiger partial charge on any atom is 0.337 e. The van der Waals surface area contributed by atoms with Crippen molar-refractivity contribution in [1.29, 1.82) is 0 Å². The fourth-order valence-corrected chi connectivity index (χ4v) is 1.25. The highest BCUT2D eigenvalue weighted by atomic mass is 19.1. The summed E-state index contributed by atoms with van der Waals surface area (Å²) in [6.07, 6.45) is 0. The van der Waals surface area contributed by atoms with Crippen LogP contribution < -0.4 is 16.4 Å². The number of benzene rings is 1. The highest BCUT2D eigenvalue weighted by Crippen LogP contribution is 2.19. The molecule has 0 aliphatic carbocycles. The zero-order chi connectivity index (χ0) is 14.6. The van der Waals surface area contributed by atoms with Crippen LogP contribution >= 0.6 is 0 Å². The molecule has 19 heavy (non-hydrogen) atoms. The molecule has 1 atom stereocenters. The molecule has 3 amide bonds. The van der Waals surface area contributed by atoms with E-state index in [-0.39, 0.29) is 0 Å². The lowest BCUT2D eigenvalue weighted by atomic mass is 10.1. The molecule has 0 radical (unpaired) electrons. The normalized spacial score (nSPS) is 11.5. The van der Waals surface area contributed by atoms with Gasteiger partial charge < -0.3 is 21.5 Å². The van der Waals surface area contributed by atoms with Gasteiger partial charge in [0.25, 0.3) is 0 Å². The van der Waals surface area contributed by atoms with E-state index >= 15 is 0 Å². The number of carbonyl (C=O) groups excluding carboxylic acids is 2. The molecule has 0 bridgehead atoms. The molecule has 102 valence electrons. The first-order chi connectivity index (χ1) is 8.82. The minimum atomic E-state index is -1.39. The number of hydrogen-bond donors (Lipinski definition) is 4. The molecule has 1 aromatic rings. The van der Waals surface area contributed by atoms with Crippen LogP contribution in [0.1, 0.15) is 17.3 Å². The molecule has 0 fully saturated rings. The van der Waals surface area contributed by atoms with E-state index in [0.717, 1.165) is 12.1 Å². The summed E-state index contributed by atoms with van der Waals surface area (Å²) >= 11 is 0. The van der Waals surface area contributed by atoms with Crippen molar-refractivity contribution in [1.82, 2.24) is 5.32 Å². The van der Waals surface area contributed by atoms with Crippen LogP contribution in [0.2, 0.25) is 0 Å². The number of para-hydroxylation sites is 1. The molecular formula is C11H12FN3O4. The summed E-state index contributed by atoms with van der Waals surface area (Å²) in [4.78, 5) is 33.1. The third-order valence-corrected chi connectivity index (χ3v) is 2.26. The predicted octanol–water partition coefficient (Wildman–Crippen LogP) is 0.519. The Hall–Kier alpha value is -2.64. The minimum absolute atomic E-state index is 0.401. The van der Waals surface area contributed by atoms with Crippen LogP contribution in [-0.2, 0) is 4.79 Å². The highest BCUT2D eigenvalue weighted by molar-refractivity contribution is 6.01. The molecule has 1 rings (SSSR count). The molecule has 0 aliphatic heterocycles. The van der Waals surface area contributed by atoms with Crippen molar-refractivity contribution >= 4 is 23.6 Å². The molecule has 1 aromatic carbocycles. The Morgan fingerprint density at radius 3 is 2.53 bits per heavy atom. The Kier molecular flexibility index (Phi) is 4.41. The molecular weight excluding hydrogens is 257 g/mol. The lowest BCUT2D eigenvalue weighted by molar-refractivity contribution is -0.119. The zero-order valence-electron chi connectivity index (χ0n) is 9.94. The molecule has 0 saturated carbocycles. The Morgan fingerprint density at radius 2 is 2.00 bits per heavy atom. The van der Waals surface area contributed by atoms with E-state index in [9.17, 15) is 18.8 Å². The van der Waals surface area contributed by atoms with Gasteiger partial charge in [-0.2, -0.15) is 0 Å². The number of carbonyl (C=O) groups is 3. The van der Waals surface area contributed by atoms with Crippen molar-refractivity contribution in [3.8, 4) is 0 Å². The van der Waals surface area contributed by atoms with Gasteiger partial charge in [-0.15, -0.1) is 0 Å². The average Bonchev–Trinajstić information content (AvgIpc) is 2.31. The molecule has 7 nitrogen and oxygen atoms in total. The Labute approximate surface area is 107 Å². The molecule has 0 aromatic heterocycles. The molecule has 0 heterocycles. The Balaban J connectivity index is 2.90. The highest BCUT2D eigenvalue weighted by Gasteiger charge is 2.18. The van der Waals surface area contributed by atoms with Crippen LogP contribution in [0.4, 0.5) is 14.9 Å². The summed E-state index contributed by atoms with van der Waals surface area (Å²) < 4.78 is 13.5. The average molecular weight is 269 g/mol. The van der Waals surface area contributed by atoms with Gasteiger partial charge >= 0.3 is 12.0 Å². The van der Waals surface area contributed by atoms with E-state index in [4.69, 9.17) is 10.8 Å². The van der Waals surface area contributed by atoms with Gasteiger partial charge in [0, 0.05) is 0 Å². The number of rotatable bonds is 4. The van der Waals surface area contributed by atoms with Crippen molar-refractivity contribution in [3.63, 3.8) is 0 Å². The molecule has 8 heteroatoms. The Morgan fingerprint density at radius 1 is 1.37 bits per heavy atom. The van der Waals surface area contributed by atoms with Crippen molar-refractivity contribution in [3.05, 3.63) is 29.6 Å². The SMILES string of the molecule is CC(NC(=O)Nc1c(F)cccc1C(=O)O)C(N)=O. The summed E-state index contributed by atoms with van der Waals surface area (Å²) in [5.74, 6) is -3.07. The van der Waals surface area contributed by atoms with E-state index in [1.165, 1.54) is 13.0 Å². The number of aromatic carboxylic acids is 1. The fraction of sp³-hybridized carbons (Fsp3) is 0.182. The fourth-order valence-electron chi connectivity index (χ4n) is 1.25. The van der Waals surface area contributed by atoms with Gasteiger partial charge in [0.05, 0.1) is 11.3 Å². The number of anilines is 1. The number of halogens is 1. The summed E-state index contributed by atoms with van der Waals surface area (Å²) in [6, 6.07) is 1.44. The van der Waals surface area contributed by atoms with Crippen molar-refractivity contribution in [2.45, 2.75) is 13.0 Å². The smallest absolute Gasteiger partial charge is 0.337 e. The van der Waals surface area contributed by atoms with Gasteiger partial charge in [-0.3, -0.25) is 4.79 Å². The number of carboxylic acid groups (broad SMARTS) is 1. The molecule has 0 saturated heterocycles. The van der Waals surface area contributed by atoms with Gasteiger partial charge in [0.1, 0.15) is 11.9 Å². The summed E-state index contributed by atoms with van der Waals surface area (Å²) in [6.45, 7) is 1.33. The summed E-state index contributed by atoms with van der Waals surface area (Å²) in [5.41, 5.74) is 4.05. The third kappa shape index (κ3) is 3.66. The van der Waals surface area contributed by atoms with E-state index < -0.39 is 41.0 Å². The summed E-state index contributed by atoms with van der Waals surface area (Å²) in [5, 5.41) is 13.0. The lowest BCUT2D eigenvalue weighted by Crippen LogP contribution is -2.44. The summed E-state index contributed by atoms with van der Waals surface area (Å²) in [7, 11) is 0. The van der Waals surface area contributed by atoms with Gasteiger partial charge in [-0.25, -0.2) is 14.0 Å². The van der Waals surface area contributed by atoms with Crippen LogP contribution in [0.15, 0.2) is 18.2 Å². The third-order valence-electron chi connectivity index (χ3n) is 2.26. The first kappa shape index (κ1) is 14.4. The number of nitrogens with one attached hydrogen (secondary N) is 2. The van der Waals surface area contributed by atoms with Crippen LogP contribution in [0.5, 0.6) is 0 Å². The van der Waals surface area contributed by atoms with Crippen LogP contribution in [-0.4, -0.2) is 29.1 Å². The molecule has 0 aliphatic rings. The van der Waals surface area contributed by atoms with Crippen molar-refractivity contribution in [2.24, 2.45) is 5.73 Å². The van der Waals surface area contributed by atoms with Crippen LogP contribution in [0, 0.1) is 5.82 Å². The molecule has 0 spiro atoms. The van der Waals surface area contributed by atoms with E-state index in [1.807, 2.05) is 5.32 Å². The monoisotopic (exact) mass is 269 g/mol. The quantitative estimate of drug-likeness (QED) is 0.636. The number of nitrogens with two attached hydrogens (primary N) is 1. The van der Waals surface area contributed by atoms with Gasteiger partial charge in [-0.05, 0) is 19.1 Å². The van der Waals surface area contributed by atoms with Crippen molar-refractivity contribution < 1.29 is 23.9 Å². The zero-order valence-corrected chi connectivity index (χ0v) is 9.94. The predicted molar refractivity (Wildman–Crippen MR) is 64.2 cm³/mol. The number of amides is 3. The Bertz CT molecular complexity index is 533. The van der Waals surface area contributed by atoms with Gasteiger partial charge in [0.2, 0.25) is 5.91 Å². The van der Waals surface area contributed by atoms with E-state index in [2.05, 4.69) is 5.32 Å². The first-order valence-corrected chi connectivity index (χ1v) is 5.21. The number of primary amides is 1. The van der Waals surface area contributed by atoms with Gasteiger partial charge in [0.15, 0.2) is 0 Å². The molecule has 1 unspecified atom stereocenters. The van der Waals surface area contributed by atoms with Crippen molar-refractivity contribution in [2.75, 3.05) is 5.32 Å². The second kappa shape index (κ2) is 5.80. The standard InChI is InChI=1S/C11H12FN3O4/c1-5(9(13)16)14-11(19)15-8-6(10(17)18)3-2-4-7(8)12/h2-5H,1H3,(H2,13,16)(H,17,18)(H2,14,15,19). The number of urea groups is 1. The number of hydrogen-bond acceptors (Lipinski definition) is 3. The maximum absolute atomic E-state index is 13.5. The second-order valence-electron chi connectivity index (χ2n) is 3.69. The van der Waals surface area contributed by atoms with Crippen LogP contribution in [0.25, 0.3) is 0 Å². The second-order valence-corrected chi connectivity index (χ2v) is 3.69. The van der Waals surface area contributed by atoms with Gasteiger partial charge in [-0.1, -0.05) is 6.07 Å². The molecule has 5 N–H and O–H groups in total.